The third kappa shape index (κ3) is 2.93. The predicted octanol–water partition coefficient (Wildman–Crippen LogP) is 1.74. The van der Waals surface area contributed by atoms with Crippen molar-refractivity contribution in [3.8, 4) is 11.5 Å². The number of alkyl halides is 2. The van der Waals surface area contributed by atoms with Crippen LogP contribution in [0.1, 0.15) is 17.0 Å². The molecule has 0 saturated carbocycles. The molecule has 0 spiro atoms. The molecule has 19 heavy (non-hydrogen) atoms. The maximum absolute atomic E-state index is 12.5. The Morgan fingerprint density at radius 1 is 1.47 bits per heavy atom. The van der Waals surface area contributed by atoms with Gasteiger partial charge in [0.25, 0.3) is 0 Å². The number of carbonyl (C=O) groups excluding carboxylic acids is 1. The van der Waals surface area contributed by atoms with Crippen LogP contribution in [0.2, 0.25) is 0 Å². The van der Waals surface area contributed by atoms with Crippen molar-refractivity contribution < 1.29 is 23.0 Å². The monoisotopic (exact) mass is 272 g/mol. The zero-order valence-electron chi connectivity index (χ0n) is 10.3. The summed E-state index contributed by atoms with van der Waals surface area (Å²) in [7, 11) is 0. The van der Waals surface area contributed by atoms with E-state index < -0.39 is 12.7 Å². The molecule has 1 aromatic rings. The van der Waals surface area contributed by atoms with Crippen molar-refractivity contribution in [3.63, 3.8) is 0 Å². The summed E-state index contributed by atoms with van der Waals surface area (Å²) < 4.78 is 34.4. The molecule has 1 saturated heterocycles. The molecule has 1 fully saturated rings. The Kier molecular flexibility index (Phi) is 3.84. The summed E-state index contributed by atoms with van der Waals surface area (Å²) in [6.45, 7) is -0.0631. The van der Waals surface area contributed by atoms with Gasteiger partial charge in [0, 0.05) is 24.6 Å². The molecule has 3 N–H and O–H groups in total. The number of primary amides is 1. The number of nitrogens with one attached hydrogen (secondary N) is 1. The molecule has 1 aliphatic rings. The average Bonchev–Trinajstić information content (AvgIpc) is 2.23. The lowest BCUT2D eigenvalue weighted by Gasteiger charge is -2.30. The second kappa shape index (κ2) is 5.40. The van der Waals surface area contributed by atoms with Gasteiger partial charge in [0.15, 0.2) is 0 Å². The molecule has 104 valence electrons. The molecule has 0 bridgehead atoms. The van der Waals surface area contributed by atoms with E-state index in [1.54, 1.807) is 13.0 Å². The van der Waals surface area contributed by atoms with Crippen molar-refractivity contribution in [2.75, 3.05) is 13.1 Å². The number of rotatable bonds is 4. The number of amides is 1. The van der Waals surface area contributed by atoms with E-state index in [2.05, 4.69) is 10.1 Å². The Bertz CT molecular complexity index is 490. The first-order valence-corrected chi connectivity index (χ1v) is 5.75. The second-order valence-electron chi connectivity index (χ2n) is 4.28. The van der Waals surface area contributed by atoms with Crippen molar-refractivity contribution in [3.05, 3.63) is 23.3 Å². The molecular weight excluding hydrogens is 258 g/mol. The van der Waals surface area contributed by atoms with Crippen LogP contribution in [0.3, 0.4) is 0 Å². The number of ether oxygens (including phenoxy) is 2. The van der Waals surface area contributed by atoms with Gasteiger partial charge in [-0.3, -0.25) is 0 Å². The van der Waals surface area contributed by atoms with Crippen LogP contribution in [0.4, 0.5) is 13.6 Å². The topological polar surface area (TPSA) is 73.6 Å². The predicted molar refractivity (Wildman–Crippen MR) is 63.6 cm³/mol. The number of nitrogens with two attached hydrogens (primary N) is 1. The third-order valence-corrected chi connectivity index (χ3v) is 2.96. The minimum atomic E-state index is -2.94. The van der Waals surface area contributed by atoms with E-state index >= 15 is 0 Å². The Morgan fingerprint density at radius 2 is 2.16 bits per heavy atom. The number of benzene rings is 1. The normalized spacial score (nSPS) is 15.2. The Balaban J connectivity index is 2.45. The van der Waals surface area contributed by atoms with Crippen molar-refractivity contribution >= 4 is 6.09 Å². The molecule has 7 heteroatoms. The van der Waals surface area contributed by atoms with Crippen molar-refractivity contribution in [1.82, 2.24) is 5.32 Å². The molecule has 2 rings (SSSR count). The molecule has 0 aromatic heterocycles. The molecule has 1 heterocycles. The largest absolute Gasteiger partial charge is 0.434 e. The van der Waals surface area contributed by atoms with Crippen LogP contribution in [0, 0.1) is 6.92 Å². The van der Waals surface area contributed by atoms with Crippen molar-refractivity contribution in [1.29, 1.82) is 0 Å². The fraction of sp³-hybridized carbons (Fsp3) is 0.417. The molecule has 5 nitrogen and oxygen atoms in total. The van der Waals surface area contributed by atoms with E-state index in [1.807, 2.05) is 0 Å². The van der Waals surface area contributed by atoms with E-state index in [9.17, 15) is 13.6 Å². The van der Waals surface area contributed by atoms with Gasteiger partial charge in [0.05, 0.1) is 0 Å². The number of halogens is 2. The summed E-state index contributed by atoms with van der Waals surface area (Å²) in [4.78, 5) is 10.9. The highest BCUT2D eigenvalue weighted by atomic mass is 19.3. The van der Waals surface area contributed by atoms with E-state index in [-0.39, 0.29) is 17.4 Å². The molecule has 0 aliphatic carbocycles. The number of carbonyl (C=O) groups is 1. The van der Waals surface area contributed by atoms with E-state index in [1.165, 1.54) is 6.07 Å². The van der Waals surface area contributed by atoms with Crippen LogP contribution in [0.25, 0.3) is 0 Å². The van der Waals surface area contributed by atoms with Crippen LogP contribution in [0.5, 0.6) is 11.5 Å². The Hall–Kier alpha value is -1.89. The standard InChI is InChI=1S/C12H14F2N2O3/c1-6-2-3-8(18-12(15)17)9(7-4-16-5-7)10(6)19-11(13)14/h2-3,7,11,16H,4-5H2,1H3,(H2,15,17). The number of aryl methyl sites for hydroxylation is 1. The highest BCUT2D eigenvalue weighted by Crippen LogP contribution is 2.40. The Morgan fingerprint density at radius 3 is 2.63 bits per heavy atom. The molecular formula is C12H14F2N2O3. The van der Waals surface area contributed by atoms with Gasteiger partial charge in [-0.25, -0.2) is 4.79 Å². The van der Waals surface area contributed by atoms with Crippen molar-refractivity contribution in [2.24, 2.45) is 5.73 Å². The van der Waals surface area contributed by atoms with Gasteiger partial charge in [-0.1, -0.05) is 6.07 Å². The highest BCUT2D eigenvalue weighted by Gasteiger charge is 2.29. The summed E-state index contributed by atoms with van der Waals surface area (Å²) in [5.74, 6) is 0.184. The van der Waals surface area contributed by atoms with Crippen LogP contribution < -0.4 is 20.5 Å². The smallest absolute Gasteiger partial charge is 0.409 e. The summed E-state index contributed by atoms with van der Waals surface area (Å²) in [6.07, 6.45) is -0.986. The first-order chi connectivity index (χ1) is 8.99. The minimum absolute atomic E-state index is 0.0389. The zero-order valence-corrected chi connectivity index (χ0v) is 10.3. The molecule has 1 aromatic carbocycles. The summed E-state index contributed by atoms with van der Waals surface area (Å²) in [5.41, 5.74) is 5.99. The van der Waals surface area contributed by atoms with Gasteiger partial charge < -0.3 is 20.5 Å². The van der Waals surface area contributed by atoms with E-state index in [0.29, 0.717) is 24.2 Å². The first-order valence-electron chi connectivity index (χ1n) is 5.75. The maximum Gasteiger partial charge on any atom is 0.409 e. The number of hydrogen-bond donors (Lipinski definition) is 2. The second-order valence-corrected chi connectivity index (χ2v) is 4.28. The summed E-state index contributed by atoms with van der Waals surface area (Å²) in [5, 5.41) is 3.03. The number of hydrogen-bond acceptors (Lipinski definition) is 4. The van der Waals surface area contributed by atoms with Crippen LogP contribution >= 0.6 is 0 Å². The fourth-order valence-electron chi connectivity index (χ4n) is 2.01. The van der Waals surface area contributed by atoms with Gasteiger partial charge in [-0.05, 0) is 18.6 Å². The quantitative estimate of drug-likeness (QED) is 0.875. The van der Waals surface area contributed by atoms with Gasteiger partial charge >= 0.3 is 12.7 Å². The SMILES string of the molecule is Cc1ccc(OC(N)=O)c(C2CNC2)c1OC(F)F. The maximum atomic E-state index is 12.5. The molecule has 0 unspecified atom stereocenters. The van der Waals surface area contributed by atoms with Crippen LogP contribution in [0.15, 0.2) is 12.1 Å². The third-order valence-electron chi connectivity index (χ3n) is 2.96. The fourth-order valence-corrected chi connectivity index (χ4v) is 2.01. The van der Waals surface area contributed by atoms with E-state index in [4.69, 9.17) is 10.5 Å². The molecule has 0 atom stereocenters. The average molecular weight is 272 g/mol. The highest BCUT2D eigenvalue weighted by molar-refractivity contribution is 5.70. The lowest BCUT2D eigenvalue weighted by Crippen LogP contribution is -2.40. The van der Waals surface area contributed by atoms with Gasteiger partial charge in [0.1, 0.15) is 11.5 Å². The molecule has 0 radical (unpaired) electrons. The molecule has 1 amide bonds. The summed E-state index contributed by atoms with van der Waals surface area (Å²) >= 11 is 0. The van der Waals surface area contributed by atoms with E-state index in [0.717, 1.165) is 0 Å². The van der Waals surface area contributed by atoms with Crippen LogP contribution in [-0.2, 0) is 0 Å². The minimum Gasteiger partial charge on any atom is -0.434 e. The lowest BCUT2D eigenvalue weighted by atomic mass is 9.90. The van der Waals surface area contributed by atoms with Gasteiger partial charge in [-0.2, -0.15) is 8.78 Å². The lowest BCUT2D eigenvalue weighted by molar-refractivity contribution is -0.0513. The van der Waals surface area contributed by atoms with Crippen LogP contribution in [-0.4, -0.2) is 25.8 Å². The molecule has 1 aliphatic heterocycles. The van der Waals surface area contributed by atoms with Gasteiger partial charge in [-0.15, -0.1) is 0 Å². The van der Waals surface area contributed by atoms with Crippen molar-refractivity contribution in [2.45, 2.75) is 19.5 Å². The Labute approximate surface area is 108 Å². The summed E-state index contributed by atoms with van der Waals surface area (Å²) in [6, 6.07) is 3.08. The first kappa shape index (κ1) is 13.5. The zero-order chi connectivity index (χ0) is 14.0. The van der Waals surface area contributed by atoms with Gasteiger partial charge in [0.2, 0.25) is 0 Å².